The van der Waals surface area contributed by atoms with Gasteiger partial charge in [0, 0.05) is 50.9 Å². The quantitative estimate of drug-likeness (QED) is 0.465. The van der Waals surface area contributed by atoms with Crippen LogP contribution < -0.4 is 9.64 Å². The Morgan fingerprint density at radius 3 is 2.06 bits per heavy atom. The van der Waals surface area contributed by atoms with Crippen molar-refractivity contribution >= 4 is 27.7 Å². The zero-order valence-corrected chi connectivity index (χ0v) is 21.6. The molecule has 1 atom stereocenters. The van der Waals surface area contributed by atoms with E-state index in [2.05, 4.69) is 33.6 Å². The highest BCUT2D eigenvalue weighted by Gasteiger charge is 2.22. The van der Waals surface area contributed by atoms with Gasteiger partial charge in [0.25, 0.3) is 0 Å². The van der Waals surface area contributed by atoms with E-state index < -0.39 is 21.8 Å². The average Bonchev–Trinajstić information content (AvgIpc) is 2.85. The van der Waals surface area contributed by atoms with Gasteiger partial charge in [-0.15, -0.1) is 0 Å². The molecule has 3 rings (SSSR count). The molecule has 11 nitrogen and oxygen atoms in total. The van der Waals surface area contributed by atoms with Gasteiger partial charge in [-0.05, 0) is 49.6 Å². The molecule has 1 fully saturated rings. The largest absolute Gasteiger partial charge is 0.494 e. The SMILES string of the molecule is CCCc1cnc(N2CCN(C(C)CCOc3ccc(S(C)(=O)=O)cc3)CC2)nc1.O=C(O)C(=O)O. The van der Waals surface area contributed by atoms with E-state index in [0.717, 1.165) is 51.4 Å². The zero-order valence-electron chi connectivity index (χ0n) is 20.8. The Bertz CT molecular complexity index is 1070. The fourth-order valence-electron chi connectivity index (χ4n) is 3.60. The minimum absolute atomic E-state index is 0.310. The number of aromatic nitrogens is 2. The lowest BCUT2D eigenvalue weighted by Gasteiger charge is -2.38. The first kappa shape index (κ1) is 29.0. The van der Waals surface area contributed by atoms with Gasteiger partial charge in [0.05, 0.1) is 11.5 Å². The Balaban J connectivity index is 0.000000678. The van der Waals surface area contributed by atoms with Crippen LogP contribution in [0.2, 0.25) is 0 Å². The van der Waals surface area contributed by atoms with Crippen LogP contribution in [-0.4, -0.2) is 90.5 Å². The molecule has 1 saturated heterocycles. The molecule has 1 aromatic heterocycles. The summed E-state index contributed by atoms with van der Waals surface area (Å²) in [6, 6.07) is 7.02. The number of benzene rings is 1. The highest BCUT2D eigenvalue weighted by atomic mass is 32.2. The smallest absolute Gasteiger partial charge is 0.414 e. The summed E-state index contributed by atoms with van der Waals surface area (Å²) >= 11 is 0. The molecule has 0 spiro atoms. The third kappa shape index (κ3) is 9.42. The fourth-order valence-corrected chi connectivity index (χ4v) is 4.24. The third-order valence-electron chi connectivity index (χ3n) is 5.69. The normalized spacial score (nSPS) is 14.9. The molecule has 0 saturated carbocycles. The predicted octanol–water partition coefficient (Wildman–Crippen LogP) is 1.97. The van der Waals surface area contributed by atoms with Crippen molar-refractivity contribution in [2.45, 2.75) is 44.0 Å². The van der Waals surface area contributed by atoms with Gasteiger partial charge in [-0.25, -0.2) is 28.0 Å². The van der Waals surface area contributed by atoms with Crippen LogP contribution >= 0.6 is 0 Å². The van der Waals surface area contributed by atoms with Crippen LogP contribution in [0.3, 0.4) is 0 Å². The number of hydrogen-bond acceptors (Lipinski definition) is 9. The molecular formula is C24H34N4O7S. The number of aliphatic carboxylic acids is 2. The number of aryl methyl sites for hydroxylation is 1. The van der Waals surface area contributed by atoms with E-state index in [1.165, 1.54) is 11.8 Å². The summed E-state index contributed by atoms with van der Waals surface area (Å²) in [7, 11) is -3.17. The number of sulfone groups is 1. The Kier molecular flexibility index (Phi) is 11.1. The molecule has 2 aromatic rings. The van der Waals surface area contributed by atoms with E-state index in [4.69, 9.17) is 24.5 Å². The first-order valence-electron chi connectivity index (χ1n) is 11.7. The maximum Gasteiger partial charge on any atom is 0.414 e. The van der Waals surface area contributed by atoms with E-state index in [0.29, 0.717) is 23.3 Å². The lowest BCUT2D eigenvalue weighted by molar-refractivity contribution is -0.159. The molecule has 12 heteroatoms. The number of rotatable bonds is 9. The second kappa shape index (κ2) is 13.7. The van der Waals surface area contributed by atoms with Crippen molar-refractivity contribution < 1.29 is 33.0 Å². The van der Waals surface area contributed by atoms with Gasteiger partial charge in [-0.2, -0.15) is 0 Å². The van der Waals surface area contributed by atoms with Gasteiger partial charge < -0.3 is 19.8 Å². The Labute approximate surface area is 211 Å². The van der Waals surface area contributed by atoms with Crippen molar-refractivity contribution in [1.29, 1.82) is 0 Å². The van der Waals surface area contributed by atoms with Crippen molar-refractivity contribution in [3.8, 4) is 5.75 Å². The molecule has 1 aliphatic rings. The van der Waals surface area contributed by atoms with Crippen molar-refractivity contribution in [2.24, 2.45) is 0 Å². The topological polar surface area (TPSA) is 150 Å². The van der Waals surface area contributed by atoms with Gasteiger partial charge >= 0.3 is 11.9 Å². The molecule has 0 aliphatic carbocycles. The number of ether oxygens (including phenoxy) is 1. The summed E-state index contributed by atoms with van der Waals surface area (Å²) in [5, 5.41) is 14.8. The minimum atomic E-state index is -3.17. The van der Waals surface area contributed by atoms with Crippen molar-refractivity contribution in [3.63, 3.8) is 0 Å². The number of carboxylic acids is 2. The van der Waals surface area contributed by atoms with Crippen LogP contribution in [0.1, 0.15) is 32.3 Å². The number of piperazine rings is 1. The summed E-state index contributed by atoms with van der Waals surface area (Å²) in [5.74, 6) is -2.13. The highest BCUT2D eigenvalue weighted by molar-refractivity contribution is 7.90. The molecule has 2 heterocycles. The zero-order chi connectivity index (χ0) is 26.7. The lowest BCUT2D eigenvalue weighted by Crippen LogP contribution is -2.50. The Hall–Kier alpha value is -3.25. The molecule has 198 valence electrons. The third-order valence-corrected chi connectivity index (χ3v) is 6.82. The van der Waals surface area contributed by atoms with Gasteiger partial charge in [0.2, 0.25) is 5.95 Å². The molecule has 0 radical (unpaired) electrons. The van der Waals surface area contributed by atoms with Crippen LogP contribution in [0.25, 0.3) is 0 Å². The Morgan fingerprint density at radius 2 is 1.58 bits per heavy atom. The molecular weight excluding hydrogens is 488 g/mol. The minimum Gasteiger partial charge on any atom is -0.494 e. The van der Waals surface area contributed by atoms with Crippen LogP contribution in [0, 0.1) is 0 Å². The second-order valence-corrected chi connectivity index (χ2v) is 10.5. The molecule has 1 aromatic carbocycles. The number of carboxylic acid groups (broad SMARTS) is 2. The maximum atomic E-state index is 11.5. The van der Waals surface area contributed by atoms with Crippen molar-refractivity contribution in [3.05, 3.63) is 42.2 Å². The number of hydrogen-bond donors (Lipinski definition) is 2. The predicted molar refractivity (Wildman–Crippen MR) is 134 cm³/mol. The van der Waals surface area contributed by atoms with E-state index in [1.54, 1.807) is 24.3 Å². The monoisotopic (exact) mass is 522 g/mol. The standard InChI is InChI=1S/C22H32N4O3S.C2H2O4/c1-4-5-19-16-23-22(24-17-19)26-13-11-25(12-14-26)18(2)10-15-29-20-6-8-21(9-7-20)30(3,27)28;3-1(4)2(5)6/h6-9,16-18H,4-5,10-15H2,1-3H3;(H,3,4)(H,5,6). The number of anilines is 1. The summed E-state index contributed by atoms with van der Waals surface area (Å²) in [6.45, 7) is 8.78. The van der Waals surface area contributed by atoms with Crippen LogP contribution in [-0.2, 0) is 25.8 Å². The van der Waals surface area contributed by atoms with Gasteiger partial charge in [0.15, 0.2) is 9.84 Å². The first-order chi connectivity index (χ1) is 17.0. The van der Waals surface area contributed by atoms with Crippen molar-refractivity contribution in [2.75, 3.05) is 43.9 Å². The fraction of sp³-hybridized carbons (Fsp3) is 0.500. The summed E-state index contributed by atoms with van der Waals surface area (Å²) in [5.41, 5.74) is 1.19. The molecule has 0 bridgehead atoms. The lowest BCUT2D eigenvalue weighted by atomic mass is 10.2. The van der Waals surface area contributed by atoms with Crippen LogP contribution in [0.15, 0.2) is 41.6 Å². The maximum absolute atomic E-state index is 11.5. The molecule has 1 unspecified atom stereocenters. The van der Waals surface area contributed by atoms with E-state index in [-0.39, 0.29) is 0 Å². The van der Waals surface area contributed by atoms with E-state index in [1.807, 2.05) is 12.4 Å². The molecule has 1 aliphatic heterocycles. The van der Waals surface area contributed by atoms with Gasteiger partial charge in [-0.1, -0.05) is 13.3 Å². The summed E-state index contributed by atoms with van der Waals surface area (Å²) in [4.78, 5) is 32.3. The van der Waals surface area contributed by atoms with Crippen LogP contribution in [0.4, 0.5) is 5.95 Å². The Morgan fingerprint density at radius 1 is 1.03 bits per heavy atom. The molecule has 0 amide bonds. The van der Waals surface area contributed by atoms with Crippen LogP contribution in [0.5, 0.6) is 5.75 Å². The number of carbonyl (C=O) groups is 2. The summed E-state index contributed by atoms with van der Waals surface area (Å²) < 4.78 is 28.8. The highest BCUT2D eigenvalue weighted by Crippen LogP contribution is 2.18. The number of nitrogens with zero attached hydrogens (tertiary/aromatic N) is 4. The summed E-state index contributed by atoms with van der Waals surface area (Å²) in [6.07, 6.45) is 8.14. The van der Waals surface area contributed by atoms with Crippen molar-refractivity contribution in [1.82, 2.24) is 14.9 Å². The average molecular weight is 523 g/mol. The first-order valence-corrected chi connectivity index (χ1v) is 13.6. The molecule has 2 N–H and O–H groups in total. The van der Waals surface area contributed by atoms with E-state index in [9.17, 15) is 8.42 Å². The van der Waals surface area contributed by atoms with Gasteiger partial charge in [-0.3, -0.25) is 4.90 Å². The van der Waals surface area contributed by atoms with Gasteiger partial charge in [0.1, 0.15) is 5.75 Å². The molecule has 36 heavy (non-hydrogen) atoms. The van der Waals surface area contributed by atoms with E-state index >= 15 is 0 Å². The second-order valence-electron chi connectivity index (χ2n) is 8.50.